The van der Waals surface area contributed by atoms with Crippen LogP contribution in [0.4, 0.5) is 18.9 Å². The zero-order valence-electron chi connectivity index (χ0n) is 13.7. The van der Waals surface area contributed by atoms with Gasteiger partial charge >= 0.3 is 6.18 Å². The predicted molar refractivity (Wildman–Crippen MR) is 94.7 cm³/mol. The summed E-state index contributed by atoms with van der Waals surface area (Å²) in [5.74, 6) is -0.0782. The normalized spacial score (nSPS) is 12.0. The SMILES string of the molecule is CC(C)/C=C/c1ccc(C(=O)Nc2ccc(Cl)c(C(F)(F)F)c2)cc1. The third kappa shape index (κ3) is 5.36. The molecule has 2 nitrogen and oxygen atoms in total. The van der Waals surface area contributed by atoms with Gasteiger partial charge in [-0.05, 0) is 41.8 Å². The molecular formula is C19H17ClF3NO. The van der Waals surface area contributed by atoms with E-state index in [0.29, 0.717) is 11.5 Å². The van der Waals surface area contributed by atoms with Crippen molar-refractivity contribution in [2.24, 2.45) is 5.92 Å². The summed E-state index contributed by atoms with van der Waals surface area (Å²) in [6.07, 6.45) is -0.606. The van der Waals surface area contributed by atoms with Crippen LogP contribution in [0.3, 0.4) is 0 Å². The number of halogens is 4. The Morgan fingerprint density at radius 2 is 1.76 bits per heavy atom. The summed E-state index contributed by atoms with van der Waals surface area (Å²) < 4.78 is 38.6. The van der Waals surface area contributed by atoms with E-state index in [1.54, 1.807) is 24.3 Å². The third-order valence-electron chi connectivity index (χ3n) is 3.38. The van der Waals surface area contributed by atoms with Crippen molar-refractivity contribution in [1.29, 1.82) is 0 Å². The van der Waals surface area contributed by atoms with E-state index >= 15 is 0 Å². The van der Waals surface area contributed by atoms with E-state index in [2.05, 4.69) is 19.2 Å². The number of carbonyl (C=O) groups excluding carboxylic acids is 1. The number of rotatable bonds is 4. The zero-order valence-corrected chi connectivity index (χ0v) is 14.4. The maximum absolute atomic E-state index is 12.9. The van der Waals surface area contributed by atoms with Crippen LogP contribution >= 0.6 is 11.6 Å². The molecule has 1 N–H and O–H groups in total. The fourth-order valence-electron chi connectivity index (χ4n) is 2.07. The summed E-state index contributed by atoms with van der Waals surface area (Å²) in [5, 5.41) is 2.04. The van der Waals surface area contributed by atoms with Crippen molar-refractivity contribution in [3.8, 4) is 0 Å². The molecule has 2 rings (SSSR count). The van der Waals surface area contributed by atoms with E-state index in [0.717, 1.165) is 17.7 Å². The summed E-state index contributed by atoms with van der Waals surface area (Å²) in [7, 11) is 0. The Balaban J connectivity index is 2.15. The Kier molecular flexibility index (Phi) is 5.90. The van der Waals surface area contributed by atoms with E-state index < -0.39 is 22.7 Å². The van der Waals surface area contributed by atoms with E-state index in [4.69, 9.17) is 11.6 Å². The lowest BCUT2D eigenvalue weighted by Gasteiger charge is -2.12. The van der Waals surface area contributed by atoms with Crippen LogP contribution in [0, 0.1) is 5.92 Å². The van der Waals surface area contributed by atoms with Crippen LogP contribution in [0.25, 0.3) is 6.08 Å². The summed E-state index contributed by atoms with van der Waals surface area (Å²) in [6.45, 7) is 4.11. The van der Waals surface area contributed by atoms with Crippen LogP contribution in [0.1, 0.15) is 35.3 Å². The number of allylic oxidation sites excluding steroid dienone is 1. The van der Waals surface area contributed by atoms with E-state index in [9.17, 15) is 18.0 Å². The molecule has 1 amide bonds. The van der Waals surface area contributed by atoms with Crippen molar-refractivity contribution < 1.29 is 18.0 Å². The van der Waals surface area contributed by atoms with Crippen LogP contribution in [-0.4, -0.2) is 5.91 Å². The summed E-state index contributed by atoms with van der Waals surface area (Å²) in [4.78, 5) is 12.2. The van der Waals surface area contributed by atoms with Crippen molar-refractivity contribution >= 4 is 29.3 Å². The first-order valence-corrected chi connectivity index (χ1v) is 8.01. The molecule has 0 aliphatic rings. The van der Waals surface area contributed by atoms with E-state index in [1.807, 2.05) is 12.2 Å². The molecule has 6 heteroatoms. The molecule has 25 heavy (non-hydrogen) atoms. The second kappa shape index (κ2) is 7.74. The first kappa shape index (κ1) is 19.1. The number of anilines is 1. The smallest absolute Gasteiger partial charge is 0.322 e. The Bertz CT molecular complexity index is 780. The number of carbonyl (C=O) groups is 1. The van der Waals surface area contributed by atoms with Gasteiger partial charge in [0.1, 0.15) is 0 Å². The zero-order chi connectivity index (χ0) is 18.6. The van der Waals surface area contributed by atoms with Crippen LogP contribution < -0.4 is 5.32 Å². The van der Waals surface area contributed by atoms with Gasteiger partial charge in [0.05, 0.1) is 10.6 Å². The fourth-order valence-corrected chi connectivity index (χ4v) is 2.30. The van der Waals surface area contributed by atoms with Crippen LogP contribution in [-0.2, 0) is 6.18 Å². The molecule has 2 aromatic carbocycles. The van der Waals surface area contributed by atoms with Gasteiger partial charge in [-0.25, -0.2) is 0 Å². The Morgan fingerprint density at radius 3 is 2.32 bits per heavy atom. The minimum absolute atomic E-state index is 0.0329. The highest BCUT2D eigenvalue weighted by Gasteiger charge is 2.33. The quantitative estimate of drug-likeness (QED) is 0.676. The molecule has 0 aromatic heterocycles. The van der Waals surface area contributed by atoms with E-state index in [1.165, 1.54) is 6.07 Å². The van der Waals surface area contributed by atoms with Gasteiger partial charge in [-0.2, -0.15) is 13.2 Å². The van der Waals surface area contributed by atoms with Crippen LogP contribution in [0.2, 0.25) is 5.02 Å². The number of hydrogen-bond acceptors (Lipinski definition) is 1. The summed E-state index contributed by atoms with van der Waals surface area (Å²) in [5.41, 5.74) is 0.341. The topological polar surface area (TPSA) is 29.1 Å². The van der Waals surface area contributed by atoms with Gasteiger partial charge in [-0.3, -0.25) is 4.79 Å². The highest BCUT2D eigenvalue weighted by Crippen LogP contribution is 2.36. The van der Waals surface area contributed by atoms with Gasteiger partial charge in [-0.15, -0.1) is 0 Å². The number of nitrogens with one attached hydrogen (secondary N) is 1. The molecule has 132 valence electrons. The average Bonchev–Trinajstić information content (AvgIpc) is 2.54. The number of alkyl halides is 3. The van der Waals surface area contributed by atoms with Crippen LogP contribution in [0.15, 0.2) is 48.5 Å². The Morgan fingerprint density at radius 1 is 1.12 bits per heavy atom. The molecule has 0 saturated heterocycles. The van der Waals surface area contributed by atoms with Crippen LogP contribution in [0.5, 0.6) is 0 Å². The second-order valence-corrected chi connectivity index (χ2v) is 6.28. The number of benzene rings is 2. The molecule has 2 aromatic rings. The van der Waals surface area contributed by atoms with Gasteiger partial charge in [0.2, 0.25) is 0 Å². The van der Waals surface area contributed by atoms with Crippen molar-refractivity contribution in [3.63, 3.8) is 0 Å². The largest absolute Gasteiger partial charge is 0.417 e. The van der Waals surface area contributed by atoms with E-state index in [-0.39, 0.29) is 5.69 Å². The van der Waals surface area contributed by atoms with Gasteiger partial charge < -0.3 is 5.32 Å². The minimum atomic E-state index is -4.58. The predicted octanol–water partition coefficient (Wildman–Crippen LogP) is 6.28. The lowest BCUT2D eigenvalue weighted by Crippen LogP contribution is -2.13. The Hall–Kier alpha value is -2.27. The van der Waals surface area contributed by atoms with Gasteiger partial charge in [0.25, 0.3) is 5.91 Å². The fraction of sp³-hybridized carbons (Fsp3) is 0.211. The van der Waals surface area contributed by atoms with Crippen molar-refractivity contribution in [2.75, 3.05) is 5.32 Å². The molecule has 0 aliphatic carbocycles. The second-order valence-electron chi connectivity index (χ2n) is 5.87. The molecule has 0 aliphatic heterocycles. The molecule has 0 unspecified atom stereocenters. The number of amides is 1. The number of hydrogen-bond donors (Lipinski definition) is 1. The lowest BCUT2D eigenvalue weighted by atomic mass is 10.1. The third-order valence-corrected chi connectivity index (χ3v) is 3.71. The molecule has 0 spiro atoms. The van der Waals surface area contributed by atoms with Gasteiger partial charge in [0.15, 0.2) is 0 Å². The first-order valence-electron chi connectivity index (χ1n) is 7.63. The van der Waals surface area contributed by atoms with Crippen molar-refractivity contribution in [2.45, 2.75) is 20.0 Å². The van der Waals surface area contributed by atoms with Crippen molar-refractivity contribution in [1.82, 2.24) is 0 Å². The van der Waals surface area contributed by atoms with Crippen molar-refractivity contribution in [3.05, 3.63) is 70.3 Å². The van der Waals surface area contributed by atoms with Gasteiger partial charge in [0, 0.05) is 11.3 Å². The molecule has 0 bridgehead atoms. The molecule has 0 fully saturated rings. The molecule has 0 saturated carbocycles. The monoisotopic (exact) mass is 367 g/mol. The molecule has 0 atom stereocenters. The lowest BCUT2D eigenvalue weighted by molar-refractivity contribution is -0.137. The highest BCUT2D eigenvalue weighted by atomic mass is 35.5. The molecular weight excluding hydrogens is 351 g/mol. The molecule has 0 heterocycles. The maximum Gasteiger partial charge on any atom is 0.417 e. The molecule has 0 radical (unpaired) electrons. The minimum Gasteiger partial charge on any atom is -0.322 e. The maximum atomic E-state index is 12.9. The first-order chi connectivity index (χ1) is 11.7. The Labute approximate surface area is 149 Å². The summed E-state index contributed by atoms with van der Waals surface area (Å²) >= 11 is 5.56. The van der Waals surface area contributed by atoms with Gasteiger partial charge in [-0.1, -0.05) is 49.7 Å². The standard InChI is InChI=1S/C19H17ClF3NO/c1-12(2)3-4-13-5-7-14(8-6-13)18(25)24-15-9-10-17(20)16(11-15)19(21,22)23/h3-12H,1-2H3,(H,24,25)/b4-3+. The average molecular weight is 368 g/mol. The summed E-state index contributed by atoms with van der Waals surface area (Å²) in [6, 6.07) is 10.1. The highest BCUT2D eigenvalue weighted by molar-refractivity contribution is 6.31.